The van der Waals surface area contributed by atoms with Gasteiger partial charge in [0.05, 0.1) is 19.8 Å². The Labute approximate surface area is 253 Å². The Hall–Kier alpha value is -3.89. The van der Waals surface area contributed by atoms with E-state index in [1.807, 2.05) is 57.2 Å². The number of hydrogen-bond acceptors (Lipinski definition) is 7. The minimum absolute atomic E-state index is 0.152. The molecule has 0 bridgehead atoms. The van der Waals surface area contributed by atoms with E-state index in [1.165, 1.54) is 0 Å². The molecule has 0 spiro atoms. The molecule has 10 heteroatoms. The van der Waals surface area contributed by atoms with Crippen molar-refractivity contribution in [2.24, 2.45) is 0 Å². The standard InChI is InChI=1S/C33H42N4O6/c1-23-8-13-28(30(38)34-23)37-21-27-26(31(37)39)6-5-7-29(27)42-22-25-11-9-24(10-12-25)20-36(32(40)43-33(2,3)4)15-14-35-16-18-41-19-17-35/h5-7,9-12,28H,1,8,13-22H2,2-4H3,(H,34,38). The van der Waals surface area contributed by atoms with E-state index in [0.29, 0.717) is 69.3 Å². The van der Waals surface area contributed by atoms with Gasteiger partial charge in [-0.3, -0.25) is 14.5 Å². The van der Waals surface area contributed by atoms with Crippen LogP contribution in [0.1, 0.15) is 60.7 Å². The Bertz CT molecular complexity index is 1350. The van der Waals surface area contributed by atoms with Crippen LogP contribution >= 0.6 is 0 Å². The highest BCUT2D eigenvalue weighted by Gasteiger charge is 2.39. The Morgan fingerprint density at radius 3 is 2.51 bits per heavy atom. The van der Waals surface area contributed by atoms with Crippen molar-refractivity contribution in [3.8, 4) is 5.75 Å². The lowest BCUT2D eigenvalue weighted by Crippen LogP contribution is -2.49. The van der Waals surface area contributed by atoms with Crippen LogP contribution < -0.4 is 10.1 Å². The van der Waals surface area contributed by atoms with Crippen LogP contribution in [0.15, 0.2) is 54.7 Å². The third kappa shape index (κ3) is 7.74. The van der Waals surface area contributed by atoms with Crippen molar-refractivity contribution in [3.05, 3.63) is 77.0 Å². The fraction of sp³-hybridized carbons (Fsp3) is 0.485. The maximum atomic E-state index is 13.2. The van der Waals surface area contributed by atoms with Crippen LogP contribution in [0, 0.1) is 0 Å². The molecule has 0 aliphatic carbocycles. The molecule has 2 aromatic rings. The highest BCUT2D eigenvalue weighted by Crippen LogP contribution is 2.34. The van der Waals surface area contributed by atoms with Gasteiger partial charge in [-0.05, 0) is 56.9 Å². The summed E-state index contributed by atoms with van der Waals surface area (Å²) in [5.74, 6) is 0.296. The molecule has 10 nitrogen and oxygen atoms in total. The quantitative estimate of drug-likeness (QED) is 0.470. The summed E-state index contributed by atoms with van der Waals surface area (Å²) in [7, 11) is 0. The molecule has 5 rings (SSSR count). The molecule has 3 aliphatic rings. The van der Waals surface area contributed by atoms with Crippen LogP contribution in [0.3, 0.4) is 0 Å². The first-order chi connectivity index (χ1) is 20.6. The van der Waals surface area contributed by atoms with Crippen molar-refractivity contribution < 1.29 is 28.6 Å². The van der Waals surface area contributed by atoms with Gasteiger partial charge >= 0.3 is 6.09 Å². The molecule has 1 unspecified atom stereocenters. The smallest absolute Gasteiger partial charge is 0.410 e. The summed E-state index contributed by atoms with van der Waals surface area (Å²) < 4.78 is 17.3. The van der Waals surface area contributed by atoms with Gasteiger partial charge < -0.3 is 29.3 Å². The van der Waals surface area contributed by atoms with Crippen molar-refractivity contribution >= 4 is 17.9 Å². The molecule has 1 atom stereocenters. The van der Waals surface area contributed by atoms with Crippen molar-refractivity contribution in [2.75, 3.05) is 39.4 Å². The van der Waals surface area contributed by atoms with Gasteiger partial charge in [-0.2, -0.15) is 0 Å². The minimum atomic E-state index is -0.577. The Morgan fingerprint density at radius 1 is 1.09 bits per heavy atom. The van der Waals surface area contributed by atoms with E-state index in [0.717, 1.165) is 36.3 Å². The third-order valence-corrected chi connectivity index (χ3v) is 7.88. The molecule has 0 aromatic heterocycles. The van der Waals surface area contributed by atoms with E-state index < -0.39 is 11.6 Å². The molecule has 2 aromatic carbocycles. The molecule has 230 valence electrons. The average Bonchev–Trinajstić information content (AvgIpc) is 3.31. The number of piperidine rings is 1. The van der Waals surface area contributed by atoms with Crippen molar-refractivity contribution in [1.29, 1.82) is 0 Å². The number of morpholine rings is 1. The molecular weight excluding hydrogens is 548 g/mol. The number of rotatable bonds is 9. The number of allylic oxidation sites excluding steroid dienone is 1. The van der Waals surface area contributed by atoms with Crippen molar-refractivity contribution in [2.45, 2.75) is 65.0 Å². The second-order valence-electron chi connectivity index (χ2n) is 12.3. The normalized spacial score (nSPS) is 19.2. The summed E-state index contributed by atoms with van der Waals surface area (Å²) in [6, 6.07) is 12.9. The number of fused-ring (bicyclic) bond motifs is 1. The van der Waals surface area contributed by atoms with Crippen LogP contribution in [0.25, 0.3) is 0 Å². The summed E-state index contributed by atoms with van der Waals surface area (Å²) in [5.41, 5.74) is 3.44. The predicted molar refractivity (Wildman–Crippen MR) is 161 cm³/mol. The lowest BCUT2D eigenvalue weighted by atomic mass is 10.0. The second-order valence-corrected chi connectivity index (χ2v) is 12.3. The molecule has 2 fully saturated rings. The largest absolute Gasteiger partial charge is 0.489 e. The Morgan fingerprint density at radius 2 is 1.81 bits per heavy atom. The summed E-state index contributed by atoms with van der Waals surface area (Å²) in [6.45, 7) is 15.0. The van der Waals surface area contributed by atoms with Gasteiger partial charge in [0, 0.05) is 49.5 Å². The number of hydrogen-bond donors (Lipinski definition) is 1. The first-order valence-corrected chi connectivity index (χ1v) is 15.0. The zero-order chi connectivity index (χ0) is 30.6. The minimum Gasteiger partial charge on any atom is -0.489 e. The SMILES string of the molecule is C=C1CCC(N2Cc3c(OCc4ccc(CN(CCN5CCOCC5)C(=O)OC(C)(C)C)cc4)cccc3C2=O)C(=O)N1. The molecule has 2 saturated heterocycles. The molecule has 3 amide bonds. The van der Waals surface area contributed by atoms with E-state index >= 15 is 0 Å². The first-order valence-electron chi connectivity index (χ1n) is 15.0. The van der Waals surface area contributed by atoms with Crippen molar-refractivity contribution in [3.63, 3.8) is 0 Å². The number of nitrogens with one attached hydrogen (secondary N) is 1. The van der Waals surface area contributed by atoms with E-state index in [-0.39, 0.29) is 17.9 Å². The number of carbonyl (C=O) groups is 3. The molecule has 3 heterocycles. The van der Waals surface area contributed by atoms with Gasteiger partial charge in [-0.25, -0.2) is 4.79 Å². The number of carbonyl (C=O) groups excluding carboxylic acids is 3. The maximum absolute atomic E-state index is 13.2. The Balaban J connectivity index is 1.20. The molecule has 1 N–H and O–H groups in total. The summed E-state index contributed by atoms with van der Waals surface area (Å²) in [6.07, 6.45) is 0.885. The molecule has 3 aliphatic heterocycles. The molecular formula is C33H42N4O6. The van der Waals surface area contributed by atoms with Crippen LogP contribution in [-0.2, 0) is 34.0 Å². The van der Waals surface area contributed by atoms with Gasteiger partial charge in [0.1, 0.15) is 24.0 Å². The highest BCUT2D eigenvalue weighted by molar-refractivity contribution is 6.02. The van der Waals surface area contributed by atoms with E-state index in [9.17, 15) is 14.4 Å². The monoisotopic (exact) mass is 590 g/mol. The summed E-state index contributed by atoms with van der Waals surface area (Å²) >= 11 is 0. The maximum Gasteiger partial charge on any atom is 0.410 e. The highest BCUT2D eigenvalue weighted by atomic mass is 16.6. The van der Waals surface area contributed by atoms with Crippen LogP contribution in [0.4, 0.5) is 4.79 Å². The number of benzene rings is 2. The predicted octanol–water partition coefficient (Wildman–Crippen LogP) is 4.08. The first kappa shape index (κ1) is 30.6. The number of nitrogens with zero attached hydrogens (tertiary/aromatic N) is 3. The third-order valence-electron chi connectivity index (χ3n) is 7.88. The van der Waals surface area contributed by atoms with Crippen LogP contribution in [0.5, 0.6) is 5.75 Å². The van der Waals surface area contributed by atoms with Gasteiger partial charge in [-0.1, -0.05) is 36.9 Å². The number of ether oxygens (including phenoxy) is 3. The summed E-state index contributed by atoms with van der Waals surface area (Å²) in [4.78, 5) is 44.4. The average molecular weight is 591 g/mol. The fourth-order valence-corrected chi connectivity index (χ4v) is 5.54. The lowest BCUT2D eigenvalue weighted by Gasteiger charge is -2.31. The molecule has 0 radical (unpaired) electrons. The van der Waals surface area contributed by atoms with E-state index in [4.69, 9.17) is 14.2 Å². The van der Waals surface area contributed by atoms with Gasteiger partial charge in [0.15, 0.2) is 0 Å². The van der Waals surface area contributed by atoms with Gasteiger partial charge in [0.25, 0.3) is 5.91 Å². The Kier molecular flexibility index (Phi) is 9.37. The fourth-order valence-electron chi connectivity index (χ4n) is 5.54. The lowest BCUT2D eigenvalue weighted by molar-refractivity contribution is -0.126. The van der Waals surface area contributed by atoms with E-state index in [1.54, 1.807) is 15.9 Å². The van der Waals surface area contributed by atoms with Gasteiger partial charge in [0.2, 0.25) is 5.91 Å². The zero-order valence-corrected chi connectivity index (χ0v) is 25.4. The number of amides is 3. The second kappa shape index (κ2) is 13.2. The van der Waals surface area contributed by atoms with Crippen LogP contribution in [-0.4, -0.2) is 83.6 Å². The van der Waals surface area contributed by atoms with E-state index in [2.05, 4.69) is 16.8 Å². The molecule has 0 saturated carbocycles. The zero-order valence-electron chi connectivity index (χ0n) is 25.4. The van der Waals surface area contributed by atoms with Gasteiger partial charge in [-0.15, -0.1) is 0 Å². The summed E-state index contributed by atoms with van der Waals surface area (Å²) in [5, 5.41) is 2.78. The van der Waals surface area contributed by atoms with Crippen LogP contribution in [0.2, 0.25) is 0 Å². The topological polar surface area (TPSA) is 101 Å². The van der Waals surface area contributed by atoms with Crippen molar-refractivity contribution in [1.82, 2.24) is 20.0 Å². The molecule has 43 heavy (non-hydrogen) atoms.